The zero-order valence-electron chi connectivity index (χ0n) is 16.4. The van der Waals surface area contributed by atoms with Gasteiger partial charge in [-0.05, 0) is 17.7 Å². The molecule has 164 valence electrons. The SMILES string of the molecule is CC(=O)NCc1ccc(-c2csc(NC(N)=NC(Cc3ccccc3)C(F)(F)F)n2)o1. The first-order valence-electron chi connectivity index (χ1n) is 9.20. The van der Waals surface area contributed by atoms with Gasteiger partial charge in [-0.25, -0.2) is 9.98 Å². The molecule has 0 fully saturated rings. The molecule has 31 heavy (non-hydrogen) atoms. The molecule has 7 nitrogen and oxygen atoms in total. The number of amides is 1. The summed E-state index contributed by atoms with van der Waals surface area (Å²) in [7, 11) is 0. The van der Waals surface area contributed by atoms with E-state index >= 15 is 0 Å². The number of alkyl halides is 3. The van der Waals surface area contributed by atoms with Gasteiger partial charge in [0, 0.05) is 18.7 Å². The molecule has 0 spiro atoms. The lowest BCUT2D eigenvalue weighted by Gasteiger charge is -2.17. The quantitative estimate of drug-likeness (QED) is 0.373. The molecular formula is C20H20F3N5O2S. The van der Waals surface area contributed by atoms with Gasteiger partial charge in [-0.1, -0.05) is 30.3 Å². The van der Waals surface area contributed by atoms with E-state index in [1.54, 1.807) is 47.8 Å². The van der Waals surface area contributed by atoms with Crippen molar-refractivity contribution in [3.05, 3.63) is 59.2 Å². The standard InChI is InChI=1S/C20H20F3N5O2S/c1-12(29)25-10-14-7-8-16(30-14)15-11-31-19(26-15)28-18(24)27-17(20(21,22)23)9-13-5-3-2-4-6-13/h2-8,11,17H,9-10H2,1H3,(H,25,29)(H3,24,26,27,28). The van der Waals surface area contributed by atoms with Crippen molar-refractivity contribution in [3.63, 3.8) is 0 Å². The Morgan fingerprint density at radius 1 is 1.26 bits per heavy atom. The van der Waals surface area contributed by atoms with Gasteiger partial charge in [0.15, 0.2) is 22.9 Å². The van der Waals surface area contributed by atoms with Crippen LogP contribution in [0.3, 0.4) is 0 Å². The summed E-state index contributed by atoms with van der Waals surface area (Å²) in [5.41, 5.74) is 6.70. The van der Waals surface area contributed by atoms with Gasteiger partial charge in [-0.3, -0.25) is 4.79 Å². The first kappa shape index (κ1) is 22.3. The maximum absolute atomic E-state index is 13.4. The van der Waals surface area contributed by atoms with E-state index in [2.05, 4.69) is 20.6 Å². The summed E-state index contributed by atoms with van der Waals surface area (Å²) in [6.07, 6.45) is -4.87. The number of carbonyl (C=O) groups is 1. The number of aromatic nitrogens is 1. The van der Waals surface area contributed by atoms with Gasteiger partial charge in [0.2, 0.25) is 5.91 Å². The second-order valence-electron chi connectivity index (χ2n) is 6.60. The number of guanidine groups is 1. The molecule has 0 saturated heterocycles. The van der Waals surface area contributed by atoms with Crippen LogP contribution >= 0.6 is 11.3 Å². The summed E-state index contributed by atoms with van der Waals surface area (Å²) in [6, 6.07) is 9.68. The molecule has 2 aromatic heterocycles. The second kappa shape index (κ2) is 9.65. The topological polar surface area (TPSA) is 106 Å². The Kier molecular flexibility index (Phi) is 6.95. The summed E-state index contributed by atoms with van der Waals surface area (Å²) in [5.74, 6) is 0.433. The molecule has 3 rings (SSSR count). The van der Waals surface area contributed by atoms with Crippen LogP contribution in [0.1, 0.15) is 18.2 Å². The predicted molar refractivity (Wildman–Crippen MR) is 113 cm³/mol. The lowest BCUT2D eigenvalue weighted by molar-refractivity contribution is -0.146. The number of nitrogens with one attached hydrogen (secondary N) is 2. The van der Waals surface area contributed by atoms with Crippen molar-refractivity contribution in [2.24, 2.45) is 10.7 Å². The molecule has 0 aliphatic rings. The smallest absolute Gasteiger partial charge is 0.411 e. The van der Waals surface area contributed by atoms with Crippen molar-refractivity contribution in [1.29, 1.82) is 0 Å². The number of nitrogens with zero attached hydrogens (tertiary/aromatic N) is 2. The van der Waals surface area contributed by atoms with E-state index in [-0.39, 0.29) is 30.0 Å². The number of furan rings is 1. The Morgan fingerprint density at radius 3 is 2.68 bits per heavy atom. The fourth-order valence-corrected chi connectivity index (χ4v) is 3.35. The van der Waals surface area contributed by atoms with Gasteiger partial charge < -0.3 is 20.8 Å². The van der Waals surface area contributed by atoms with E-state index in [0.717, 1.165) is 11.3 Å². The average molecular weight is 451 g/mol. The van der Waals surface area contributed by atoms with E-state index in [9.17, 15) is 18.0 Å². The number of benzene rings is 1. The van der Waals surface area contributed by atoms with Crippen LogP contribution in [0.4, 0.5) is 18.3 Å². The Morgan fingerprint density at radius 2 is 2.00 bits per heavy atom. The van der Waals surface area contributed by atoms with Crippen molar-refractivity contribution in [3.8, 4) is 11.5 Å². The van der Waals surface area contributed by atoms with Crippen LogP contribution < -0.4 is 16.4 Å². The van der Waals surface area contributed by atoms with E-state index in [1.807, 2.05) is 0 Å². The lowest BCUT2D eigenvalue weighted by Crippen LogP contribution is -2.34. The number of carbonyl (C=O) groups excluding carboxylic acids is 1. The molecule has 4 N–H and O–H groups in total. The highest BCUT2D eigenvalue weighted by atomic mass is 32.1. The Balaban J connectivity index is 1.68. The van der Waals surface area contributed by atoms with E-state index in [0.29, 0.717) is 22.8 Å². The summed E-state index contributed by atoms with van der Waals surface area (Å²) in [6.45, 7) is 1.64. The lowest BCUT2D eigenvalue weighted by atomic mass is 10.1. The minimum atomic E-state index is -4.55. The second-order valence-corrected chi connectivity index (χ2v) is 7.46. The molecule has 1 amide bonds. The third kappa shape index (κ3) is 6.57. The largest absolute Gasteiger partial charge is 0.458 e. The van der Waals surface area contributed by atoms with Gasteiger partial charge in [0.25, 0.3) is 0 Å². The van der Waals surface area contributed by atoms with Crippen molar-refractivity contribution in [1.82, 2.24) is 10.3 Å². The third-order valence-corrected chi connectivity index (χ3v) is 4.87. The molecule has 0 saturated carbocycles. The van der Waals surface area contributed by atoms with Gasteiger partial charge in [0.05, 0.1) is 6.54 Å². The number of hydrogen-bond acceptors (Lipinski definition) is 5. The average Bonchev–Trinajstić information content (AvgIpc) is 3.35. The number of halogens is 3. The Labute approximate surface area is 180 Å². The van der Waals surface area contributed by atoms with Crippen molar-refractivity contribution >= 4 is 28.3 Å². The van der Waals surface area contributed by atoms with E-state index in [4.69, 9.17) is 10.2 Å². The molecule has 2 heterocycles. The maximum atomic E-state index is 13.4. The number of aliphatic imine (C=N–C) groups is 1. The van der Waals surface area contributed by atoms with Gasteiger partial charge >= 0.3 is 6.18 Å². The van der Waals surface area contributed by atoms with Crippen molar-refractivity contribution in [2.75, 3.05) is 5.32 Å². The van der Waals surface area contributed by atoms with E-state index in [1.165, 1.54) is 6.92 Å². The van der Waals surface area contributed by atoms with Crippen LogP contribution in [0.15, 0.2) is 57.3 Å². The molecule has 1 atom stereocenters. The minimum Gasteiger partial charge on any atom is -0.458 e. The highest BCUT2D eigenvalue weighted by Crippen LogP contribution is 2.28. The molecule has 0 bridgehead atoms. The van der Waals surface area contributed by atoms with Crippen LogP contribution in [0.25, 0.3) is 11.5 Å². The molecule has 3 aromatic rings. The van der Waals surface area contributed by atoms with Crippen LogP contribution in [-0.2, 0) is 17.8 Å². The maximum Gasteiger partial charge on any atom is 0.411 e. The Bertz CT molecular complexity index is 1050. The molecule has 1 aromatic carbocycles. The van der Waals surface area contributed by atoms with Crippen LogP contribution in [0.5, 0.6) is 0 Å². The monoisotopic (exact) mass is 451 g/mol. The first-order valence-corrected chi connectivity index (χ1v) is 10.1. The molecule has 0 aliphatic carbocycles. The zero-order chi connectivity index (χ0) is 22.4. The van der Waals surface area contributed by atoms with Crippen LogP contribution in [-0.4, -0.2) is 29.1 Å². The molecule has 0 radical (unpaired) electrons. The first-order chi connectivity index (χ1) is 14.7. The molecule has 1 unspecified atom stereocenters. The fourth-order valence-electron chi connectivity index (χ4n) is 2.65. The van der Waals surface area contributed by atoms with Crippen LogP contribution in [0, 0.1) is 0 Å². The number of anilines is 1. The number of thiazole rings is 1. The number of hydrogen-bond donors (Lipinski definition) is 3. The van der Waals surface area contributed by atoms with Crippen molar-refractivity contribution in [2.45, 2.75) is 32.1 Å². The van der Waals surface area contributed by atoms with Crippen LogP contribution in [0.2, 0.25) is 0 Å². The Hall–Kier alpha value is -3.34. The normalized spacial score (nSPS) is 13.1. The van der Waals surface area contributed by atoms with Gasteiger partial charge in [0.1, 0.15) is 11.5 Å². The summed E-state index contributed by atoms with van der Waals surface area (Å²) in [5, 5.41) is 7.17. The highest BCUT2D eigenvalue weighted by molar-refractivity contribution is 7.14. The summed E-state index contributed by atoms with van der Waals surface area (Å²) >= 11 is 1.14. The summed E-state index contributed by atoms with van der Waals surface area (Å²) < 4.78 is 45.8. The zero-order valence-corrected chi connectivity index (χ0v) is 17.3. The molecular weight excluding hydrogens is 431 g/mol. The fraction of sp³-hybridized carbons (Fsp3) is 0.250. The highest BCUT2D eigenvalue weighted by Gasteiger charge is 2.39. The number of nitrogens with two attached hydrogens (primary N) is 1. The van der Waals surface area contributed by atoms with Gasteiger partial charge in [-0.15, -0.1) is 11.3 Å². The third-order valence-electron chi connectivity index (χ3n) is 4.11. The molecule has 0 aliphatic heterocycles. The predicted octanol–water partition coefficient (Wildman–Crippen LogP) is 3.94. The minimum absolute atomic E-state index is 0.183. The van der Waals surface area contributed by atoms with Crippen molar-refractivity contribution < 1.29 is 22.4 Å². The van der Waals surface area contributed by atoms with Gasteiger partial charge in [-0.2, -0.15) is 13.2 Å². The number of rotatable bonds is 7. The van der Waals surface area contributed by atoms with E-state index < -0.39 is 12.2 Å². The molecule has 11 heteroatoms. The summed E-state index contributed by atoms with van der Waals surface area (Å²) in [4.78, 5) is 18.9.